The standard InChI is InChI=1S/C19H34N6O8S/c20-8-2-1-3-11(17(30)25-13(9-34)19(32)33)24-18(31)12(5-7-15(27)28)23-16(29)10(21)4-6-14(22)26/h10-13,34H,1-9,20-21H2,(H2,22,26)(H,23,29)(H,24,31)(H,25,30)(H,27,28)(H,32,33). The lowest BCUT2D eigenvalue weighted by Crippen LogP contribution is -2.57. The zero-order valence-electron chi connectivity index (χ0n) is 18.7. The van der Waals surface area contributed by atoms with E-state index >= 15 is 0 Å². The molecule has 14 nitrogen and oxygen atoms in total. The van der Waals surface area contributed by atoms with E-state index in [9.17, 15) is 28.8 Å². The molecule has 0 aliphatic heterocycles. The van der Waals surface area contributed by atoms with Gasteiger partial charge in [-0.05, 0) is 38.6 Å². The van der Waals surface area contributed by atoms with Gasteiger partial charge in [-0.25, -0.2) is 4.79 Å². The molecule has 0 aliphatic rings. The van der Waals surface area contributed by atoms with E-state index in [0.29, 0.717) is 19.4 Å². The highest BCUT2D eigenvalue weighted by Crippen LogP contribution is 2.06. The van der Waals surface area contributed by atoms with Gasteiger partial charge in [-0.3, -0.25) is 24.0 Å². The molecular formula is C19H34N6O8S. The number of thiol groups is 1. The van der Waals surface area contributed by atoms with E-state index in [1.54, 1.807) is 0 Å². The number of unbranched alkanes of at least 4 members (excludes halogenated alkanes) is 1. The van der Waals surface area contributed by atoms with E-state index in [4.69, 9.17) is 27.4 Å². The first-order valence-electron chi connectivity index (χ1n) is 10.6. The Balaban J connectivity index is 5.46. The molecule has 0 aromatic rings. The van der Waals surface area contributed by atoms with E-state index in [2.05, 4.69) is 28.6 Å². The summed E-state index contributed by atoms with van der Waals surface area (Å²) in [6, 6.07) is -5.00. The highest BCUT2D eigenvalue weighted by molar-refractivity contribution is 7.80. The maximum absolute atomic E-state index is 12.8. The molecule has 194 valence electrons. The fourth-order valence-corrected chi connectivity index (χ4v) is 2.98. The number of amides is 4. The van der Waals surface area contributed by atoms with E-state index in [1.165, 1.54) is 0 Å². The third-order valence-electron chi connectivity index (χ3n) is 4.70. The Hall–Kier alpha value is -2.91. The zero-order chi connectivity index (χ0) is 26.3. The minimum absolute atomic E-state index is 0.0845. The molecule has 0 saturated heterocycles. The minimum Gasteiger partial charge on any atom is -0.481 e. The minimum atomic E-state index is -1.35. The second-order valence-corrected chi connectivity index (χ2v) is 7.90. The summed E-state index contributed by atoms with van der Waals surface area (Å²) in [4.78, 5) is 70.9. The lowest BCUT2D eigenvalue weighted by atomic mass is 10.0. The maximum Gasteiger partial charge on any atom is 0.327 e. The van der Waals surface area contributed by atoms with Crippen molar-refractivity contribution in [3.8, 4) is 0 Å². The van der Waals surface area contributed by atoms with Crippen LogP contribution in [0.15, 0.2) is 0 Å². The highest BCUT2D eigenvalue weighted by Gasteiger charge is 2.30. The molecule has 11 N–H and O–H groups in total. The summed E-state index contributed by atoms with van der Waals surface area (Å²) in [6.45, 7) is 0.331. The van der Waals surface area contributed by atoms with Crippen LogP contribution in [0.2, 0.25) is 0 Å². The van der Waals surface area contributed by atoms with Crippen LogP contribution in [0.4, 0.5) is 0 Å². The van der Waals surface area contributed by atoms with Crippen LogP contribution in [0.5, 0.6) is 0 Å². The fraction of sp³-hybridized carbons (Fsp3) is 0.684. The monoisotopic (exact) mass is 506 g/mol. The number of aliphatic carboxylic acids is 2. The topological polar surface area (TPSA) is 257 Å². The van der Waals surface area contributed by atoms with Crippen molar-refractivity contribution in [3.05, 3.63) is 0 Å². The van der Waals surface area contributed by atoms with Crippen LogP contribution in [0, 0.1) is 0 Å². The lowest BCUT2D eigenvalue weighted by molar-refractivity contribution is -0.141. The third kappa shape index (κ3) is 13.0. The molecule has 4 amide bonds. The van der Waals surface area contributed by atoms with Crippen molar-refractivity contribution in [1.82, 2.24) is 16.0 Å². The summed E-state index contributed by atoms with van der Waals surface area (Å²) < 4.78 is 0. The molecule has 0 aromatic carbocycles. The molecule has 0 spiro atoms. The molecule has 0 radical (unpaired) electrons. The SMILES string of the molecule is NCCCCC(NC(=O)C(CCC(=O)O)NC(=O)C(N)CCC(N)=O)C(=O)NC(CS)C(=O)O. The Morgan fingerprint density at radius 3 is 1.76 bits per heavy atom. The van der Waals surface area contributed by atoms with Gasteiger partial charge in [-0.1, -0.05) is 0 Å². The number of carboxylic acid groups (broad SMARTS) is 2. The summed E-state index contributed by atoms with van der Waals surface area (Å²) >= 11 is 3.88. The predicted octanol–water partition coefficient (Wildman–Crippen LogP) is -2.96. The number of hydrogen-bond donors (Lipinski definition) is 9. The van der Waals surface area contributed by atoms with Crippen LogP contribution < -0.4 is 33.2 Å². The van der Waals surface area contributed by atoms with Crippen molar-refractivity contribution >= 4 is 48.2 Å². The van der Waals surface area contributed by atoms with Crippen molar-refractivity contribution in [1.29, 1.82) is 0 Å². The Morgan fingerprint density at radius 2 is 1.29 bits per heavy atom. The zero-order valence-corrected chi connectivity index (χ0v) is 19.6. The quantitative estimate of drug-likeness (QED) is 0.0674. The summed E-state index contributed by atoms with van der Waals surface area (Å²) in [5.74, 6) is -5.85. The normalized spacial score (nSPS) is 14.2. The molecule has 0 saturated carbocycles. The number of carbonyl (C=O) groups excluding carboxylic acids is 4. The first-order chi connectivity index (χ1) is 15.9. The molecule has 0 aromatic heterocycles. The maximum atomic E-state index is 12.8. The van der Waals surface area contributed by atoms with Crippen molar-refractivity contribution in [3.63, 3.8) is 0 Å². The van der Waals surface area contributed by atoms with Gasteiger partial charge in [0.25, 0.3) is 0 Å². The van der Waals surface area contributed by atoms with Crippen LogP contribution in [-0.2, 0) is 28.8 Å². The average Bonchev–Trinajstić information content (AvgIpc) is 2.76. The van der Waals surface area contributed by atoms with E-state index in [0.717, 1.165) is 0 Å². The van der Waals surface area contributed by atoms with Crippen molar-refractivity contribution in [2.24, 2.45) is 17.2 Å². The molecule has 34 heavy (non-hydrogen) atoms. The Morgan fingerprint density at radius 1 is 0.765 bits per heavy atom. The van der Waals surface area contributed by atoms with Gasteiger partial charge in [0, 0.05) is 18.6 Å². The second kappa shape index (κ2) is 16.7. The molecule has 0 rings (SSSR count). The molecule has 0 bridgehead atoms. The Bertz CT molecular complexity index is 738. The van der Waals surface area contributed by atoms with Crippen molar-refractivity contribution in [2.75, 3.05) is 12.3 Å². The number of carboxylic acids is 2. The molecule has 0 fully saturated rings. The summed E-state index contributed by atoms with van der Waals surface area (Å²) in [7, 11) is 0. The molecule has 15 heteroatoms. The second-order valence-electron chi connectivity index (χ2n) is 7.53. The highest BCUT2D eigenvalue weighted by atomic mass is 32.1. The molecular weight excluding hydrogens is 472 g/mol. The van der Waals surface area contributed by atoms with Gasteiger partial charge in [-0.2, -0.15) is 12.6 Å². The number of nitrogens with two attached hydrogens (primary N) is 3. The Labute approximate surface area is 202 Å². The Kier molecular flexibility index (Phi) is 15.2. The average molecular weight is 507 g/mol. The van der Waals surface area contributed by atoms with Gasteiger partial charge in [0.1, 0.15) is 18.1 Å². The number of nitrogens with one attached hydrogen (secondary N) is 3. The van der Waals surface area contributed by atoms with Gasteiger partial charge < -0.3 is 43.4 Å². The van der Waals surface area contributed by atoms with Gasteiger partial charge in [0.15, 0.2) is 0 Å². The first kappa shape index (κ1) is 31.1. The van der Waals surface area contributed by atoms with Gasteiger partial charge in [0.05, 0.1) is 6.04 Å². The summed E-state index contributed by atoms with van der Waals surface area (Å²) in [6.07, 6.45) is 0.0465. The van der Waals surface area contributed by atoms with E-state index < -0.39 is 66.2 Å². The van der Waals surface area contributed by atoms with E-state index in [-0.39, 0.29) is 31.4 Å². The summed E-state index contributed by atoms with van der Waals surface area (Å²) in [5.41, 5.74) is 16.2. The number of primary amides is 1. The molecule has 4 atom stereocenters. The third-order valence-corrected chi connectivity index (χ3v) is 5.06. The van der Waals surface area contributed by atoms with Crippen LogP contribution in [-0.4, -0.2) is 82.2 Å². The van der Waals surface area contributed by atoms with Crippen LogP contribution in [0.1, 0.15) is 44.9 Å². The predicted molar refractivity (Wildman–Crippen MR) is 123 cm³/mol. The number of hydrogen-bond acceptors (Lipinski definition) is 9. The van der Waals surface area contributed by atoms with E-state index in [1.807, 2.05) is 0 Å². The lowest BCUT2D eigenvalue weighted by Gasteiger charge is -2.25. The number of carbonyl (C=O) groups is 6. The van der Waals surface area contributed by atoms with Crippen molar-refractivity contribution < 1.29 is 39.0 Å². The smallest absolute Gasteiger partial charge is 0.327 e. The van der Waals surface area contributed by atoms with Crippen LogP contribution in [0.25, 0.3) is 0 Å². The number of rotatable bonds is 18. The van der Waals surface area contributed by atoms with Gasteiger partial charge >= 0.3 is 11.9 Å². The first-order valence-corrected chi connectivity index (χ1v) is 11.3. The largest absolute Gasteiger partial charge is 0.481 e. The summed E-state index contributed by atoms with van der Waals surface area (Å²) in [5, 5.41) is 25.1. The molecule has 4 unspecified atom stereocenters. The molecule has 0 heterocycles. The van der Waals surface area contributed by atoms with Gasteiger partial charge in [-0.15, -0.1) is 0 Å². The van der Waals surface area contributed by atoms with Crippen molar-refractivity contribution in [2.45, 2.75) is 69.1 Å². The van der Waals surface area contributed by atoms with Gasteiger partial charge in [0.2, 0.25) is 23.6 Å². The van der Waals surface area contributed by atoms with Crippen LogP contribution in [0.3, 0.4) is 0 Å². The molecule has 0 aliphatic carbocycles. The van der Waals surface area contributed by atoms with Crippen LogP contribution >= 0.6 is 12.6 Å². The fourth-order valence-electron chi connectivity index (χ4n) is 2.74.